The molecular weight excluding hydrogens is 344 g/mol. The Balaban J connectivity index is 1.82. The van der Waals surface area contributed by atoms with Crippen molar-refractivity contribution in [1.82, 2.24) is 0 Å². The zero-order valence-corrected chi connectivity index (χ0v) is 14.4. The van der Waals surface area contributed by atoms with Gasteiger partial charge in [0.05, 0.1) is 12.8 Å². The molecular formula is C19H19F2NO4. The number of benzene rings is 2. The van der Waals surface area contributed by atoms with Crippen LogP contribution < -0.4 is 10.1 Å². The molecule has 1 N–H and O–H groups in total. The SMILES string of the molecule is COc1ccc(CCC(=O)O[C@@H](C)C(=O)Nc2ccc(F)cc2F)cc1. The van der Waals surface area contributed by atoms with E-state index in [1.54, 1.807) is 19.2 Å². The predicted octanol–water partition coefficient (Wildman–Crippen LogP) is 3.48. The van der Waals surface area contributed by atoms with Crippen molar-refractivity contribution in [2.45, 2.75) is 25.9 Å². The summed E-state index contributed by atoms with van der Waals surface area (Å²) < 4.78 is 36.5. The van der Waals surface area contributed by atoms with E-state index in [2.05, 4.69) is 5.32 Å². The van der Waals surface area contributed by atoms with Crippen LogP contribution in [0.2, 0.25) is 0 Å². The van der Waals surface area contributed by atoms with Crippen LogP contribution in [0.25, 0.3) is 0 Å². The van der Waals surface area contributed by atoms with E-state index in [9.17, 15) is 18.4 Å². The smallest absolute Gasteiger partial charge is 0.306 e. The lowest BCUT2D eigenvalue weighted by atomic mass is 10.1. The Labute approximate surface area is 149 Å². The van der Waals surface area contributed by atoms with E-state index >= 15 is 0 Å². The van der Waals surface area contributed by atoms with Gasteiger partial charge >= 0.3 is 5.97 Å². The van der Waals surface area contributed by atoms with Gasteiger partial charge in [0, 0.05) is 12.5 Å². The van der Waals surface area contributed by atoms with Gasteiger partial charge in [0.25, 0.3) is 5.91 Å². The van der Waals surface area contributed by atoms with Crippen LogP contribution in [0, 0.1) is 11.6 Å². The fourth-order valence-electron chi connectivity index (χ4n) is 2.17. The second kappa shape index (κ2) is 8.94. The summed E-state index contributed by atoms with van der Waals surface area (Å²) >= 11 is 0. The highest BCUT2D eigenvalue weighted by molar-refractivity contribution is 5.95. The van der Waals surface area contributed by atoms with Gasteiger partial charge in [-0.2, -0.15) is 0 Å². The topological polar surface area (TPSA) is 64.6 Å². The number of nitrogens with one attached hydrogen (secondary N) is 1. The normalized spacial score (nSPS) is 11.5. The largest absolute Gasteiger partial charge is 0.497 e. The third-order valence-electron chi connectivity index (χ3n) is 3.64. The lowest BCUT2D eigenvalue weighted by Gasteiger charge is -2.14. The fourth-order valence-corrected chi connectivity index (χ4v) is 2.17. The van der Waals surface area contributed by atoms with Crippen molar-refractivity contribution < 1.29 is 27.8 Å². The molecule has 0 heterocycles. The van der Waals surface area contributed by atoms with Crippen LogP contribution in [-0.4, -0.2) is 25.1 Å². The van der Waals surface area contributed by atoms with E-state index in [1.807, 2.05) is 12.1 Å². The Morgan fingerprint density at radius 1 is 1.12 bits per heavy atom. The monoisotopic (exact) mass is 363 g/mol. The molecule has 7 heteroatoms. The number of hydrogen-bond donors (Lipinski definition) is 1. The number of carbonyl (C=O) groups excluding carboxylic acids is 2. The van der Waals surface area contributed by atoms with Crippen molar-refractivity contribution in [1.29, 1.82) is 0 Å². The predicted molar refractivity (Wildman–Crippen MR) is 91.9 cm³/mol. The van der Waals surface area contributed by atoms with Gasteiger partial charge < -0.3 is 14.8 Å². The van der Waals surface area contributed by atoms with Crippen LogP contribution in [0.3, 0.4) is 0 Å². The Hall–Kier alpha value is -2.96. The Kier molecular flexibility index (Phi) is 6.66. The molecule has 138 valence electrons. The Bertz CT molecular complexity index is 778. The summed E-state index contributed by atoms with van der Waals surface area (Å²) in [5, 5.41) is 2.26. The minimum absolute atomic E-state index is 0.0921. The molecule has 1 atom stereocenters. The van der Waals surface area contributed by atoms with Gasteiger partial charge in [-0.05, 0) is 43.2 Å². The van der Waals surface area contributed by atoms with Crippen LogP contribution in [0.4, 0.5) is 14.5 Å². The van der Waals surface area contributed by atoms with Gasteiger partial charge in [0.1, 0.15) is 17.4 Å². The zero-order chi connectivity index (χ0) is 19.1. The van der Waals surface area contributed by atoms with Gasteiger partial charge in [-0.3, -0.25) is 9.59 Å². The van der Waals surface area contributed by atoms with E-state index in [0.29, 0.717) is 12.5 Å². The molecule has 0 bridgehead atoms. The lowest BCUT2D eigenvalue weighted by Crippen LogP contribution is -2.30. The lowest BCUT2D eigenvalue weighted by molar-refractivity contribution is -0.153. The maximum atomic E-state index is 13.5. The second-order valence-electron chi connectivity index (χ2n) is 5.59. The Morgan fingerprint density at radius 3 is 2.42 bits per heavy atom. The molecule has 0 aliphatic heterocycles. The Morgan fingerprint density at radius 2 is 1.81 bits per heavy atom. The van der Waals surface area contributed by atoms with Crippen molar-refractivity contribution in [2.75, 3.05) is 12.4 Å². The molecule has 0 aliphatic rings. The van der Waals surface area contributed by atoms with Gasteiger partial charge in [-0.1, -0.05) is 12.1 Å². The summed E-state index contributed by atoms with van der Waals surface area (Å²) in [5.74, 6) is -2.19. The number of halogens is 2. The standard InChI is InChI=1S/C19H19F2NO4/c1-12(19(24)22-17-9-6-14(20)11-16(17)21)26-18(23)10-5-13-3-7-15(25-2)8-4-13/h3-4,6-9,11-12H,5,10H2,1-2H3,(H,22,24)/t12-/m0/s1. The molecule has 0 spiro atoms. The summed E-state index contributed by atoms with van der Waals surface area (Å²) in [6.07, 6.45) is -0.568. The number of amides is 1. The molecule has 2 aromatic carbocycles. The number of carbonyl (C=O) groups is 2. The number of hydrogen-bond acceptors (Lipinski definition) is 4. The molecule has 0 saturated carbocycles. The molecule has 0 fully saturated rings. The molecule has 5 nitrogen and oxygen atoms in total. The van der Waals surface area contributed by atoms with E-state index < -0.39 is 29.6 Å². The van der Waals surface area contributed by atoms with Crippen molar-refractivity contribution in [2.24, 2.45) is 0 Å². The minimum Gasteiger partial charge on any atom is -0.497 e. The van der Waals surface area contributed by atoms with Crippen molar-refractivity contribution >= 4 is 17.6 Å². The van der Waals surface area contributed by atoms with Crippen LogP contribution in [0.15, 0.2) is 42.5 Å². The summed E-state index contributed by atoms with van der Waals surface area (Å²) in [6, 6.07) is 10.0. The minimum atomic E-state index is -1.11. The molecule has 1 amide bonds. The number of esters is 1. The summed E-state index contributed by atoms with van der Waals surface area (Å²) in [5.41, 5.74) is 0.741. The molecule has 0 aliphatic carbocycles. The quantitative estimate of drug-likeness (QED) is 0.765. The second-order valence-corrected chi connectivity index (χ2v) is 5.59. The first-order chi connectivity index (χ1) is 12.4. The van der Waals surface area contributed by atoms with Crippen LogP contribution >= 0.6 is 0 Å². The maximum absolute atomic E-state index is 13.5. The number of aryl methyl sites for hydroxylation is 1. The van der Waals surface area contributed by atoms with Gasteiger partial charge in [-0.25, -0.2) is 8.78 Å². The molecule has 0 unspecified atom stereocenters. The van der Waals surface area contributed by atoms with Crippen molar-refractivity contribution in [3.63, 3.8) is 0 Å². The number of rotatable bonds is 7. The fraction of sp³-hybridized carbons (Fsp3) is 0.263. The van der Waals surface area contributed by atoms with Crippen LogP contribution in [0.5, 0.6) is 5.75 Å². The third kappa shape index (κ3) is 5.54. The van der Waals surface area contributed by atoms with Crippen molar-refractivity contribution in [3.05, 3.63) is 59.7 Å². The number of ether oxygens (including phenoxy) is 2. The van der Waals surface area contributed by atoms with Gasteiger partial charge in [-0.15, -0.1) is 0 Å². The number of methoxy groups -OCH3 is 1. The van der Waals surface area contributed by atoms with E-state index in [1.165, 1.54) is 6.92 Å². The van der Waals surface area contributed by atoms with E-state index in [0.717, 1.165) is 23.4 Å². The summed E-state index contributed by atoms with van der Waals surface area (Å²) in [6.45, 7) is 1.38. The first kappa shape index (κ1) is 19.4. The van der Waals surface area contributed by atoms with E-state index in [-0.39, 0.29) is 12.1 Å². The molecule has 0 radical (unpaired) electrons. The summed E-state index contributed by atoms with van der Waals surface area (Å²) in [7, 11) is 1.57. The van der Waals surface area contributed by atoms with Gasteiger partial charge in [0.15, 0.2) is 6.10 Å². The zero-order valence-electron chi connectivity index (χ0n) is 14.4. The maximum Gasteiger partial charge on any atom is 0.306 e. The van der Waals surface area contributed by atoms with E-state index in [4.69, 9.17) is 9.47 Å². The van der Waals surface area contributed by atoms with Crippen LogP contribution in [-0.2, 0) is 20.7 Å². The first-order valence-electron chi connectivity index (χ1n) is 7.97. The highest BCUT2D eigenvalue weighted by Gasteiger charge is 2.19. The molecule has 2 aromatic rings. The van der Waals surface area contributed by atoms with Gasteiger partial charge in [0.2, 0.25) is 0 Å². The van der Waals surface area contributed by atoms with Crippen molar-refractivity contribution in [3.8, 4) is 5.75 Å². The highest BCUT2D eigenvalue weighted by atomic mass is 19.1. The highest BCUT2D eigenvalue weighted by Crippen LogP contribution is 2.16. The average molecular weight is 363 g/mol. The summed E-state index contributed by atoms with van der Waals surface area (Å²) in [4.78, 5) is 23.8. The molecule has 0 saturated heterocycles. The first-order valence-corrected chi connectivity index (χ1v) is 7.97. The average Bonchev–Trinajstić information content (AvgIpc) is 2.62. The molecule has 26 heavy (non-hydrogen) atoms. The molecule has 2 rings (SSSR count). The third-order valence-corrected chi connectivity index (χ3v) is 3.64. The number of anilines is 1. The van der Waals surface area contributed by atoms with Crippen LogP contribution in [0.1, 0.15) is 18.9 Å². The molecule has 0 aromatic heterocycles.